The lowest BCUT2D eigenvalue weighted by atomic mass is 10.1. The molecule has 10 heteroatoms. The van der Waals surface area contributed by atoms with Crippen LogP contribution < -0.4 is 16.6 Å². The number of carbonyl (C=O) groups is 2. The van der Waals surface area contributed by atoms with Crippen molar-refractivity contribution in [1.82, 2.24) is 19.8 Å². The van der Waals surface area contributed by atoms with Gasteiger partial charge in [-0.15, -0.1) is 0 Å². The van der Waals surface area contributed by atoms with Crippen molar-refractivity contribution in [2.75, 3.05) is 13.1 Å². The summed E-state index contributed by atoms with van der Waals surface area (Å²) in [7, 11) is 0. The molecule has 0 saturated carbocycles. The molecule has 0 saturated heterocycles. The zero-order chi connectivity index (χ0) is 17.1. The van der Waals surface area contributed by atoms with Gasteiger partial charge in [-0.1, -0.05) is 0 Å². The molecule has 0 atom stereocenters. The quantitative estimate of drug-likeness (QED) is 0.724. The Hall–Kier alpha value is -2.65. The highest BCUT2D eigenvalue weighted by atomic mass is 19.1. The highest BCUT2D eigenvalue weighted by Crippen LogP contribution is 2.12. The van der Waals surface area contributed by atoms with E-state index in [0.29, 0.717) is 10.8 Å². The van der Waals surface area contributed by atoms with Crippen LogP contribution in [0.15, 0.2) is 15.8 Å². The molecule has 122 valence electrons. The van der Waals surface area contributed by atoms with E-state index in [9.17, 15) is 23.6 Å². The highest BCUT2D eigenvalue weighted by Gasteiger charge is 2.25. The van der Waals surface area contributed by atoms with Gasteiger partial charge < -0.3 is 15.3 Å². The number of aromatic nitrogens is 2. The van der Waals surface area contributed by atoms with Gasteiger partial charge >= 0.3 is 17.8 Å². The molecule has 0 spiro atoms. The summed E-state index contributed by atoms with van der Waals surface area (Å²) in [6.45, 7) is 4.95. The summed E-state index contributed by atoms with van der Waals surface area (Å²) in [6.07, 6.45) is -0.691. The Morgan fingerprint density at radius 3 is 2.50 bits per heavy atom. The van der Waals surface area contributed by atoms with Gasteiger partial charge in [0.15, 0.2) is 0 Å². The first-order chi connectivity index (χ1) is 10.0. The van der Waals surface area contributed by atoms with Gasteiger partial charge in [-0.2, -0.15) is 4.39 Å². The van der Waals surface area contributed by atoms with Gasteiger partial charge in [0.2, 0.25) is 5.82 Å². The van der Waals surface area contributed by atoms with E-state index in [1.807, 2.05) is 0 Å². The molecule has 0 aromatic carbocycles. The molecular weight excluding hydrogens is 299 g/mol. The first-order valence-electron chi connectivity index (χ1n) is 6.34. The maximum atomic E-state index is 13.1. The molecular formula is C12H17FN4O5. The van der Waals surface area contributed by atoms with E-state index >= 15 is 0 Å². The van der Waals surface area contributed by atoms with Crippen molar-refractivity contribution in [3.63, 3.8) is 0 Å². The molecule has 1 aromatic rings. The lowest BCUT2D eigenvalue weighted by molar-refractivity contribution is 0.101. The minimum Gasteiger partial charge on any atom is -0.465 e. The van der Waals surface area contributed by atoms with Gasteiger partial charge in [-0.25, -0.2) is 19.0 Å². The summed E-state index contributed by atoms with van der Waals surface area (Å²) in [4.78, 5) is 47.8. The van der Waals surface area contributed by atoms with E-state index in [0.717, 1.165) is 4.90 Å². The summed E-state index contributed by atoms with van der Waals surface area (Å²) < 4.78 is 13.4. The molecule has 0 aliphatic carbocycles. The number of nitrogens with one attached hydrogen (secondary N) is 2. The van der Waals surface area contributed by atoms with Crippen molar-refractivity contribution in [3.8, 4) is 0 Å². The Kier molecular flexibility index (Phi) is 5.07. The summed E-state index contributed by atoms with van der Waals surface area (Å²) in [6, 6.07) is -0.973. The number of carboxylic acid groups (broad SMARTS) is 1. The first-order valence-corrected chi connectivity index (χ1v) is 6.34. The maximum absolute atomic E-state index is 13.1. The Morgan fingerprint density at radius 1 is 1.41 bits per heavy atom. The number of hydrogen-bond acceptors (Lipinski definition) is 4. The third-order valence-corrected chi connectivity index (χ3v) is 2.77. The molecule has 0 radical (unpaired) electrons. The Morgan fingerprint density at radius 2 is 2.00 bits per heavy atom. The molecule has 2 amide bonds. The minimum absolute atomic E-state index is 0.0227. The number of hydrogen-bond donors (Lipinski definition) is 3. The van der Waals surface area contributed by atoms with E-state index in [-0.39, 0.29) is 13.1 Å². The van der Waals surface area contributed by atoms with Crippen molar-refractivity contribution >= 4 is 12.1 Å². The predicted molar refractivity (Wildman–Crippen MR) is 74.6 cm³/mol. The Labute approximate surface area is 124 Å². The van der Waals surface area contributed by atoms with E-state index in [2.05, 4.69) is 5.32 Å². The van der Waals surface area contributed by atoms with Gasteiger partial charge in [-0.05, 0) is 20.8 Å². The zero-order valence-electron chi connectivity index (χ0n) is 12.3. The highest BCUT2D eigenvalue weighted by molar-refractivity contribution is 5.76. The topological polar surface area (TPSA) is 124 Å². The monoisotopic (exact) mass is 316 g/mol. The second kappa shape index (κ2) is 6.41. The van der Waals surface area contributed by atoms with Crippen LogP contribution in [0.5, 0.6) is 0 Å². The fourth-order valence-electron chi connectivity index (χ4n) is 1.68. The number of H-pyrrole nitrogens is 1. The van der Waals surface area contributed by atoms with E-state index < -0.39 is 34.7 Å². The first kappa shape index (κ1) is 17.4. The van der Waals surface area contributed by atoms with Crippen molar-refractivity contribution in [2.24, 2.45) is 0 Å². The normalized spacial score (nSPS) is 11.1. The van der Waals surface area contributed by atoms with Crippen LogP contribution in [-0.2, 0) is 0 Å². The number of aromatic amines is 1. The SMILES string of the molecule is CC(C)(C)N(CCNC(=O)n1cc(F)c(=O)[nH]c1=O)C(=O)O. The van der Waals surface area contributed by atoms with Crippen molar-refractivity contribution in [3.05, 3.63) is 32.9 Å². The largest absolute Gasteiger partial charge is 0.465 e. The van der Waals surface area contributed by atoms with Crippen LogP contribution in [0, 0.1) is 5.82 Å². The van der Waals surface area contributed by atoms with Gasteiger partial charge in [0.25, 0.3) is 5.56 Å². The fourth-order valence-corrected chi connectivity index (χ4v) is 1.68. The molecule has 0 aliphatic heterocycles. The van der Waals surface area contributed by atoms with Gasteiger partial charge in [0, 0.05) is 18.6 Å². The van der Waals surface area contributed by atoms with Crippen LogP contribution in [-0.4, -0.2) is 50.3 Å². The van der Waals surface area contributed by atoms with Crippen LogP contribution in [0.25, 0.3) is 0 Å². The summed E-state index contributed by atoms with van der Waals surface area (Å²) in [5.41, 5.74) is -2.98. The van der Waals surface area contributed by atoms with E-state index in [1.165, 1.54) is 0 Å². The average Bonchev–Trinajstić information content (AvgIpc) is 2.36. The van der Waals surface area contributed by atoms with Crippen LogP contribution in [0.2, 0.25) is 0 Å². The predicted octanol–water partition coefficient (Wildman–Crippen LogP) is 0.0119. The molecule has 9 nitrogen and oxygen atoms in total. The molecule has 1 rings (SSSR count). The average molecular weight is 316 g/mol. The number of rotatable bonds is 3. The molecule has 0 fully saturated rings. The van der Waals surface area contributed by atoms with Crippen molar-refractivity contribution in [1.29, 1.82) is 0 Å². The Balaban J connectivity index is 2.75. The molecule has 1 aromatic heterocycles. The molecule has 1 heterocycles. The summed E-state index contributed by atoms with van der Waals surface area (Å²) in [5, 5.41) is 11.3. The third kappa shape index (κ3) is 4.17. The molecule has 0 aliphatic rings. The van der Waals surface area contributed by atoms with Crippen LogP contribution in [0.1, 0.15) is 20.8 Å². The maximum Gasteiger partial charge on any atom is 0.407 e. The van der Waals surface area contributed by atoms with Gasteiger partial charge in [-0.3, -0.25) is 9.78 Å². The fraction of sp³-hybridized carbons (Fsp3) is 0.500. The molecule has 22 heavy (non-hydrogen) atoms. The van der Waals surface area contributed by atoms with Crippen molar-refractivity contribution in [2.45, 2.75) is 26.3 Å². The van der Waals surface area contributed by atoms with Gasteiger partial charge in [0.1, 0.15) is 0 Å². The van der Waals surface area contributed by atoms with Gasteiger partial charge in [0.05, 0.1) is 6.20 Å². The van der Waals surface area contributed by atoms with E-state index in [4.69, 9.17) is 5.11 Å². The molecule has 0 unspecified atom stereocenters. The minimum atomic E-state index is -1.28. The smallest absolute Gasteiger partial charge is 0.407 e. The second-order valence-corrected chi connectivity index (χ2v) is 5.44. The molecule has 3 N–H and O–H groups in total. The lowest BCUT2D eigenvalue weighted by Gasteiger charge is -2.33. The van der Waals surface area contributed by atoms with Crippen molar-refractivity contribution < 1.29 is 19.1 Å². The second-order valence-electron chi connectivity index (χ2n) is 5.44. The van der Waals surface area contributed by atoms with E-state index in [1.54, 1.807) is 25.8 Å². The Bertz CT molecular complexity index is 688. The standard InChI is InChI=1S/C12H17FN4O5/c1-12(2,3)17(11(21)22)5-4-14-9(19)16-6-7(13)8(18)15-10(16)20/h6H,4-5H2,1-3H3,(H,14,19)(H,21,22)(H,15,18,20). The zero-order valence-corrected chi connectivity index (χ0v) is 12.3. The molecule has 0 bridgehead atoms. The van der Waals surface area contributed by atoms with Crippen LogP contribution >= 0.6 is 0 Å². The number of halogens is 1. The lowest BCUT2D eigenvalue weighted by Crippen LogP contribution is -2.49. The summed E-state index contributed by atoms with van der Waals surface area (Å²) >= 11 is 0. The number of carbonyl (C=O) groups excluding carboxylic acids is 1. The third-order valence-electron chi connectivity index (χ3n) is 2.77. The summed E-state index contributed by atoms with van der Waals surface area (Å²) in [5.74, 6) is -1.28. The van der Waals surface area contributed by atoms with Crippen LogP contribution in [0.4, 0.5) is 14.0 Å². The number of nitrogens with zero attached hydrogens (tertiary/aromatic N) is 2. The van der Waals surface area contributed by atoms with Crippen LogP contribution in [0.3, 0.4) is 0 Å². The number of amides is 2.